The van der Waals surface area contributed by atoms with Gasteiger partial charge in [-0.15, -0.1) is 0 Å². The van der Waals surface area contributed by atoms with Crippen molar-refractivity contribution >= 4 is 17.3 Å². The van der Waals surface area contributed by atoms with Crippen LogP contribution >= 0.6 is 0 Å². The monoisotopic (exact) mass is 270 g/mol. The standard InChI is InChI=1S/C16H15FN2O/c1-10-2-4-13(9-14(10)17)19-16(20)12-3-5-15-11(8-12)6-7-18-15/h2-5,8-9,18H,6-7H2,1H3,(H,19,20). The number of rotatable bonds is 2. The van der Waals surface area contributed by atoms with Crippen LogP contribution in [0.5, 0.6) is 0 Å². The highest BCUT2D eigenvalue weighted by molar-refractivity contribution is 6.04. The van der Waals surface area contributed by atoms with Crippen molar-refractivity contribution in [3.63, 3.8) is 0 Å². The second-order valence-electron chi connectivity index (χ2n) is 4.97. The average Bonchev–Trinajstić information content (AvgIpc) is 2.90. The van der Waals surface area contributed by atoms with Crippen LogP contribution in [0.3, 0.4) is 0 Å². The van der Waals surface area contributed by atoms with E-state index in [2.05, 4.69) is 10.6 Å². The lowest BCUT2D eigenvalue weighted by atomic mass is 10.1. The molecule has 0 bridgehead atoms. The van der Waals surface area contributed by atoms with E-state index in [0.717, 1.165) is 24.2 Å². The van der Waals surface area contributed by atoms with Gasteiger partial charge >= 0.3 is 0 Å². The van der Waals surface area contributed by atoms with Gasteiger partial charge in [-0.25, -0.2) is 4.39 Å². The smallest absolute Gasteiger partial charge is 0.255 e. The van der Waals surface area contributed by atoms with Gasteiger partial charge in [-0.05, 0) is 54.8 Å². The molecular weight excluding hydrogens is 255 g/mol. The van der Waals surface area contributed by atoms with Gasteiger partial charge in [0.15, 0.2) is 0 Å². The van der Waals surface area contributed by atoms with Crippen molar-refractivity contribution in [3.05, 3.63) is 58.9 Å². The zero-order valence-corrected chi connectivity index (χ0v) is 11.2. The summed E-state index contributed by atoms with van der Waals surface area (Å²) in [5, 5.41) is 5.97. The molecule has 0 saturated heterocycles. The predicted octanol–water partition coefficient (Wildman–Crippen LogP) is 3.35. The molecule has 1 amide bonds. The van der Waals surface area contributed by atoms with Gasteiger partial charge in [0.05, 0.1) is 0 Å². The Balaban J connectivity index is 1.80. The molecule has 20 heavy (non-hydrogen) atoms. The first-order valence-electron chi connectivity index (χ1n) is 6.58. The number of halogens is 1. The number of aryl methyl sites for hydroxylation is 1. The molecule has 0 radical (unpaired) electrons. The minimum Gasteiger partial charge on any atom is -0.384 e. The number of hydrogen-bond donors (Lipinski definition) is 2. The lowest BCUT2D eigenvalue weighted by molar-refractivity contribution is 0.102. The van der Waals surface area contributed by atoms with Crippen molar-refractivity contribution in [1.82, 2.24) is 0 Å². The topological polar surface area (TPSA) is 41.1 Å². The van der Waals surface area contributed by atoms with Crippen molar-refractivity contribution in [2.24, 2.45) is 0 Å². The molecule has 0 saturated carbocycles. The summed E-state index contributed by atoms with van der Waals surface area (Å²) >= 11 is 0. The maximum atomic E-state index is 13.5. The van der Waals surface area contributed by atoms with E-state index in [1.54, 1.807) is 25.1 Å². The molecule has 3 rings (SSSR count). The van der Waals surface area contributed by atoms with Crippen LogP contribution in [0.25, 0.3) is 0 Å². The number of amides is 1. The van der Waals surface area contributed by atoms with Crippen LogP contribution in [0, 0.1) is 12.7 Å². The van der Waals surface area contributed by atoms with E-state index >= 15 is 0 Å². The fourth-order valence-corrected chi connectivity index (χ4v) is 2.32. The maximum Gasteiger partial charge on any atom is 0.255 e. The molecule has 0 fully saturated rings. The van der Waals surface area contributed by atoms with E-state index in [-0.39, 0.29) is 11.7 Å². The number of benzene rings is 2. The van der Waals surface area contributed by atoms with Crippen molar-refractivity contribution < 1.29 is 9.18 Å². The summed E-state index contributed by atoms with van der Waals surface area (Å²) in [6, 6.07) is 10.3. The van der Waals surface area contributed by atoms with E-state index in [4.69, 9.17) is 0 Å². The van der Waals surface area contributed by atoms with E-state index in [1.807, 2.05) is 12.1 Å². The zero-order valence-electron chi connectivity index (χ0n) is 11.2. The number of hydrogen-bond acceptors (Lipinski definition) is 2. The summed E-state index contributed by atoms with van der Waals surface area (Å²) < 4.78 is 13.5. The summed E-state index contributed by atoms with van der Waals surface area (Å²) in [6.45, 7) is 2.60. The SMILES string of the molecule is Cc1ccc(NC(=O)c2ccc3c(c2)CCN3)cc1F. The molecule has 3 nitrogen and oxygen atoms in total. The highest BCUT2D eigenvalue weighted by Crippen LogP contribution is 2.23. The lowest BCUT2D eigenvalue weighted by Crippen LogP contribution is -2.12. The summed E-state index contributed by atoms with van der Waals surface area (Å²) in [5.41, 5.74) is 3.85. The third-order valence-corrected chi connectivity index (χ3v) is 3.51. The first-order chi connectivity index (χ1) is 9.63. The highest BCUT2D eigenvalue weighted by Gasteiger charge is 2.13. The molecule has 0 spiro atoms. The average molecular weight is 270 g/mol. The lowest BCUT2D eigenvalue weighted by Gasteiger charge is -2.08. The highest BCUT2D eigenvalue weighted by atomic mass is 19.1. The van der Waals surface area contributed by atoms with Gasteiger partial charge in [0.1, 0.15) is 5.82 Å². The number of carbonyl (C=O) groups excluding carboxylic acids is 1. The number of fused-ring (bicyclic) bond motifs is 1. The van der Waals surface area contributed by atoms with Crippen molar-refractivity contribution in [2.45, 2.75) is 13.3 Å². The minimum atomic E-state index is -0.319. The van der Waals surface area contributed by atoms with E-state index in [1.165, 1.54) is 6.07 Å². The van der Waals surface area contributed by atoms with Gasteiger partial charge in [-0.1, -0.05) is 6.07 Å². The Bertz CT molecular complexity index is 682. The summed E-state index contributed by atoms with van der Waals surface area (Å²) in [7, 11) is 0. The molecule has 1 aliphatic heterocycles. The predicted molar refractivity (Wildman–Crippen MR) is 77.7 cm³/mol. The molecule has 1 heterocycles. The fourth-order valence-electron chi connectivity index (χ4n) is 2.32. The molecule has 2 aromatic rings. The first-order valence-corrected chi connectivity index (χ1v) is 6.58. The van der Waals surface area contributed by atoms with Gasteiger partial charge in [0.2, 0.25) is 0 Å². The fraction of sp³-hybridized carbons (Fsp3) is 0.188. The van der Waals surface area contributed by atoms with Crippen LogP contribution in [0.2, 0.25) is 0 Å². The first kappa shape index (κ1) is 12.7. The van der Waals surface area contributed by atoms with Crippen molar-refractivity contribution in [1.29, 1.82) is 0 Å². The normalized spacial score (nSPS) is 12.7. The molecule has 1 aliphatic rings. The molecule has 102 valence electrons. The van der Waals surface area contributed by atoms with Crippen LogP contribution in [0.4, 0.5) is 15.8 Å². The maximum absolute atomic E-state index is 13.5. The van der Waals surface area contributed by atoms with Crippen molar-refractivity contribution in [2.75, 3.05) is 17.2 Å². The largest absolute Gasteiger partial charge is 0.384 e. The Morgan fingerprint density at radius 2 is 2.10 bits per heavy atom. The molecule has 2 N–H and O–H groups in total. The Morgan fingerprint density at radius 1 is 1.25 bits per heavy atom. The third-order valence-electron chi connectivity index (χ3n) is 3.51. The molecule has 4 heteroatoms. The van der Waals surface area contributed by atoms with Gasteiger partial charge in [-0.3, -0.25) is 4.79 Å². The van der Waals surface area contributed by atoms with Gasteiger partial charge in [0, 0.05) is 23.5 Å². The van der Waals surface area contributed by atoms with Gasteiger partial charge in [-0.2, -0.15) is 0 Å². The van der Waals surface area contributed by atoms with E-state index < -0.39 is 0 Å². The Hall–Kier alpha value is -2.36. The zero-order chi connectivity index (χ0) is 14.1. The Labute approximate surface area is 116 Å². The van der Waals surface area contributed by atoms with Crippen LogP contribution in [0.15, 0.2) is 36.4 Å². The Kier molecular flexibility index (Phi) is 3.14. The van der Waals surface area contributed by atoms with Crippen LogP contribution < -0.4 is 10.6 Å². The van der Waals surface area contributed by atoms with E-state index in [9.17, 15) is 9.18 Å². The molecule has 0 aliphatic carbocycles. The summed E-state index contributed by atoms with van der Waals surface area (Å²) in [4.78, 5) is 12.2. The van der Waals surface area contributed by atoms with Crippen LogP contribution in [-0.2, 0) is 6.42 Å². The van der Waals surface area contributed by atoms with Gasteiger partial charge < -0.3 is 10.6 Å². The summed E-state index contributed by atoms with van der Waals surface area (Å²) in [6.07, 6.45) is 0.926. The summed E-state index contributed by atoms with van der Waals surface area (Å²) in [5.74, 6) is -0.538. The van der Waals surface area contributed by atoms with E-state index in [0.29, 0.717) is 16.8 Å². The molecule has 2 aromatic carbocycles. The molecule has 0 aromatic heterocycles. The number of anilines is 2. The van der Waals surface area contributed by atoms with Crippen molar-refractivity contribution in [3.8, 4) is 0 Å². The van der Waals surface area contributed by atoms with Gasteiger partial charge in [0.25, 0.3) is 5.91 Å². The third kappa shape index (κ3) is 2.37. The molecule has 0 unspecified atom stereocenters. The molecule has 0 atom stereocenters. The Morgan fingerprint density at radius 3 is 2.90 bits per heavy atom. The number of nitrogens with one attached hydrogen (secondary N) is 2. The van der Waals surface area contributed by atoms with Crippen LogP contribution in [0.1, 0.15) is 21.5 Å². The second kappa shape index (κ2) is 4.96. The molecular formula is C16H15FN2O. The quantitative estimate of drug-likeness (QED) is 0.878. The number of carbonyl (C=O) groups is 1. The minimum absolute atomic E-state index is 0.219. The second-order valence-corrected chi connectivity index (χ2v) is 4.97. The van der Waals surface area contributed by atoms with Crippen LogP contribution in [-0.4, -0.2) is 12.5 Å².